The summed E-state index contributed by atoms with van der Waals surface area (Å²) >= 11 is 0. The maximum atomic E-state index is 4.35. The molecule has 0 aromatic rings. The van der Waals surface area contributed by atoms with Crippen molar-refractivity contribution in [1.29, 1.82) is 0 Å². The highest BCUT2D eigenvalue weighted by atomic mass is 14.6. The molecule has 4 fully saturated rings. The fraction of sp³-hybridized carbons (Fsp3) is 0.939. The summed E-state index contributed by atoms with van der Waals surface area (Å²) in [5, 5.41) is 0. The van der Waals surface area contributed by atoms with E-state index >= 15 is 0 Å². The summed E-state index contributed by atoms with van der Waals surface area (Å²) in [5.74, 6) is 5.29. The Labute approximate surface area is 209 Å². The van der Waals surface area contributed by atoms with Gasteiger partial charge in [0.1, 0.15) is 0 Å². The SMILES string of the molecule is C=C(CCCCCC1CCC2C3CCC4CCCCC4(C)C3CCC12C)CC(C)(C)C.CC. The predicted molar refractivity (Wildman–Crippen MR) is 147 cm³/mol. The first-order valence-electron chi connectivity index (χ1n) is 15.3. The van der Waals surface area contributed by atoms with E-state index in [1.54, 1.807) is 51.4 Å². The van der Waals surface area contributed by atoms with Crippen molar-refractivity contribution in [3.05, 3.63) is 12.2 Å². The van der Waals surface area contributed by atoms with Gasteiger partial charge in [0, 0.05) is 0 Å². The fourth-order valence-corrected chi connectivity index (χ4v) is 9.66. The van der Waals surface area contributed by atoms with Gasteiger partial charge >= 0.3 is 0 Å². The van der Waals surface area contributed by atoms with Crippen LogP contribution in [0.4, 0.5) is 0 Å². The Morgan fingerprint density at radius 3 is 2.24 bits per heavy atom. The van der Waals surface area contributed by atoms with Crippen LogP contribution in [0.2, 0.25) is 0 Å². The number of hydrogen-bond acceptors (Lipinski definition) is 0. The molecule has 0 bridgehead atoms. The van der Waals surface area contributed by atoms with Crippen molar-refractivity contribution in [3.8, 4) is 0 Å². The summed E-state index contributed by atoms with van der Waals surface area (Å²) in [7, 11) is 0. The average molecular weight is 457 g/mol. The van der Waals surface area contributed by atoms with E-state index in [0.29, 0.717) is 16.2 Å². The van der Waals surface area contributed by atoms with Crippen LogP contribution in [0.15, 0.2) is 12.2 Å². The van der Waals surface area contributed by atoms with E-state index in [1.807, 2.05) is 13.8 Å². The number of hydrogen-bond donors (Lipinski definition) is 0. The van der Waals surface area contributed by atoms with Gasteiger partial charge in [0.15, 0.2) is 0 Å². The lowest BCUT2D eigenvalue weighted by Crippen LogP contribution is -2.52. The van der Waals surface area contributed by atoms with Gasteiger partial charge in [-0.3, -0.25) is 0 Å². The van der Waals surface area contributed by atoms with Crippen molar-refractivity contribution >= 4 is 0 Å². The van der Waals surface area contributed by atoms with Gasteiger partial charge in [0.25, 0.3) is 0 Å². The molecule has 0 nitrogen and oxygen atoms in total. The van der Waals surface area contributed by atoms with Gasteiger partial charge in [-0.2, -0.15) is 0 Å². The molecule has 192 valence electrons. The van der Waals surface area contributed by atoms with Crippen LogP contribution in [0, 0.1) is 45.8 Å². The van der Waals surface area contributed by atoms with Crippen LogP contribution in [0.25, 0.3) is 0 Å². The van der Waals surface area contributed by atoms with E-state index in [4.69, 9.17) is 0 Å². The minimum atomic E-state index is 0.400. The van der Waals surface area contributed by atoms with E-state index in [9.17, 15) is 0 Å². The third-order valence-electron chi connectivity index (χ3n) is 11.1. The van der Waals surface area contributed by atoms with Crippen molar-refractivity contribution in [2.24, 2.45) is 45.8 Å². The van der Waals surface area contributed by atoms with Crippen LogP contribution in [-0.2, 0) is 0 Å². The molecule has 7 unspecified atom stereocenters. The summed E-state index contributed by atoms with van der Waals surface area (Å²) in [6, 6.07) is 0. The molecule has 0 saturated heterocycles. The first kappa shape index (κ1) is 27.3. The van der Waals surface area contributed by atoms with Crippen LogP contribution in [0.3, 0.4) is 0 Å². The molecule has 0 spiro atoms. The van der Waals surface area contributed by atoms with Gasteiger partial charge in [-0.05, 0) is 123 Å². The molecule has 4 rings (SSSR count). The molecule has 4 saturated carbocycles. The Kier molecular flexibility index (Phi) is 9.28. The van der Waals surface area contributed by atoms with Crippen molar-refractivity contribution in [2.45, 2.75) is 151 Å². The topological polar surface area (TPSA) is 0 Å². The Morgan fingerprint density at radius 2 is 1.52 bits per heavy atom. The molecule has 0 heteroatoms. The molecule has 33 heavy (non-hydrogen) atoms. The zero-order valence-electron chi connectivity index (χ0n) is 23.9. The van der Waals surface area contributed by atoms with Gasteiger partial charge in [0.05, 0.1) is 0 Å². The molecule has 4 aliphatic rings. The number of unbranched alkanes of at least 4 members (excludes halogenated alkanes) is 2. The smallest absolute Gasteiger partial charge is 0.0266 e. The molecule has 0 amide bonds. The van der Waals surface area contributed by atoms with Gasteiger partial charge in [-0.1, -0.05) is 86.3 Å². The van der Waals surface area contributed by atoms with Gasteiger partial charge in [0.2, 0.25) is 0 Å². The van der Waals surface area contributed by atoms with Crippen molar-refractivity contribution in [1.82, 2.24) is 0 Å². The van der Waals surface area contributed by atoms with Crippen LogP contribution >= 0.6 is 0 Å². The highest BCUT2D eigenvalue weighted by Gasteiger charge is 2.59. The standard InChI is InChI=1S/C31H54.C2H6/c1-23(22-29(2,3)4)12-8-7-9-13-25-16-18-27-26-17-15-24-14-10-11-20-30(24,5)28(26)19-21-31(25,27)6;1-2/h24-28H,1,7-22H2,2-6H3;1-2H3. The zero-order chi connectivity index (χ0) is 24.3. The summed E-state index contributed by atoms with van der Waals surface area (Å²) in [5.41, 5.74) is 3.26. The molecule has 4 aliphatic carbocycles. The van der Waals surface area contributed by atoms with Crippen LogP contribution in [0.1, 0.15) is 151 Å². The number of fused-ring (bicyclic) bond motifs is 5. The Bertz CT molecular complexity index is 622. The lowest BCUT2D eigenvalue weighted by atomic mass is 9.45. The summed E-state index contributed by atoms with van der Waals surface area (Å²) in [6.45, 7) is 20.8. The minimum Gasteiger partial charge on any atom is -0.0998 e. The van der Waals surface area contributed by atoms with Crippen LogP contribution in [0.5, 0.6) is 0 Å². The van der Waals surface area contributed by atoms with E-state index in [-0.39, 0.29) is 0 Å². The molecule has 0 aliphatic heterocycles. The quantitative estimate of drug-likeness (QED) is 0.264. The van der Waals surface area contributed by atoms with E-state index in [0.717, 1.165) is 29.6 Å². The highest BCUT2D eigenvalue weighted by Crippen LogP contribution is 2.67. The van der Waals surface area contributed by atoms with Crippen molar-refractivity contribution < 1.29 is 0 Å². The largest absolute Gasteiger partial charge is 0.0998 e. The molecule has 0 aromatic carbocycles. The monoisotopic (exact) mass is 456 g/mol. The molecular formula is C33H60. The third-order valence-corrected chi connectivity index (χ3v) is 11.1. The van der Waals surface area contributed by atoms with Gasteiger partial charge in [-0.15, -0.1) is 0 Å². The summed E-state index contributed by atoms with van der Waals surface area (Å²) in [6.07, 6.45) is 23.7. The van der Waals surface area contributed by atoms with Crippen LogP contribution < -0.4 is 0 Å². The lowest BCUT2D eigenvalue weighted by Gasteiger charge is -2.60. The van der Waals surface area contributed by atoms with E-state index in [1.165, 1.54) is 56.9 Å². The fourth-order valence-electron chi connectivity index (χ4n) is 9.66. The minimum absolute atomic E-state index is 0.400. The van der Waals surface area contributed by atoms with Gasteiger partial charge in [-0.25, -0.2) is 0 Å². The average Bonchev–Trinajstić information content (AvgIpc) is 3.09. The first-order chi connectivity index (χ1) is 15.6. The molecule has 7 atom stereocenters. The number of allylic oxidation sites excluding steroid dienone is 1. The lowest BCUT2D eigenvalue weighted by molar-refractivity contribution is -0.111. The summed E-state index contributed by atoms with van der Waals surface area (Å²) in [4.78, 5) is 0. The van der Waals surface area contributed by atoms with Gasteiger partial charge < -0.3 is 0 Å². The van der Waals surface area contributed by atoms with Crippen molar-refractivity contribution in [2.75, 3.05) is 0 Å². The predicted octanol–water partition coefficient (Wildman–Crippen LogP) is 11.0. The Morgan fingerprint density at radius 1 is 0.788 bits per heavy atom. The summed E-state index contributed by atoms with van der Waals surface area (Å²) < 4.78 is 0. The molecule has 0 aromatic heterocycles. The first-order valence-corrected chi connectivity index (χ1v) is 15.3. The second-order valence-electron chi connectivity index (χ2n) is 14.3. The maximum Gasteiger partial charge on any atom is -0.0266 e. The molecule has 0 heterocycles. The zero-order valence-corrected chi connectivity index (χ0v) is 23.9. The molecule has 0 N–H and O–H groups in total. The van der Waals surface area contributed by atoms with Crippen molar-refractivity contribution in [3.63, 3.8) is 0 Å². The van der Waals surface area contributed by atoms with E-state index in [2.05, 4.69) is 41.2 Å². The Hall–Kier alpha value is -0.260. The second-order valence-corrected chi connectivity index (χ2v) is 14.3. The Balaban J connectivity index is 0.00000149. The number of rotatable bonds is 7. The van der Waals surface area contributed by atoms with E-state index < -0.39 is 0 Å². The maximum absolute atomic E-state index is 4.35. The second kappa shape index (κ2) is 11.2. The molecular weight excluding hydrogens is 396 g/mol. The normalized spacial score (nSPS) is 40.2. The van der Waals surface area contributed by atoms with Crippen LogP contribution in [-0.4, -0.2) is 0 Å². The molecule has 0 radical (unpaired) electrons. The third kappa shape index (κ3) is 5.94. The highest BCUT2D eigenvalue weighted by molar-refractivity contribution is 5.08.